The van der Waals surface area contributed by atoms with Gasteiger partial charge in [0.15, 0.2) is 5.13 Å². The number of amides is 2. The predicted octanol–water partition coefficient (Wildman–Crippen LogP) is 3.58. The Balaban J connectivity index is 1.26. The summed E-state index contributed by atoms with van der Waals surface area (Å²) in [5.41, 5.74) is 3.48. The Morgan fingerprint density at radius 3 is 2.59 bits per heavy atom. The highest BCUT2D eigenvalue weighted by Gasteiger charge is 2.25. The maximum atomic E-state index is 12.7. The van der Waals surface area contributed by atoms with Crippen molar-refractivity contribution in [3.63, 3.8) is 0 Å². The number of anilines is 2. The van der Waals surface area contributed by atoms with Crippen molar-refractivity contribution < 1.29 is 9.59 Å². The Hall–Kier alpha value is -3.33. The van der Waals surface area contributed by atoms with E-state index in [-0.39, 0.29) is 11.8 Å². The van der Waals surface area contributed by atoms with E-state index in [1.54, 1.807) is 0 Å². The van der Waals surface area contributed by atoms with Gasteiger partial charge in [0.05, 0.1) is 12.2 Å². The van der Waals surface area contributed by atoms with Gasteiger partial charge in [0.1, 0.15) is 0 Å². The maximum absolute atomic E-state index is 12.7. The molecule has 4 rings (SSSR count). The van der Waals surface area contributed by atoms with E-state index in [9.17, 15) is 9.59 Å². The fourth-order valence-electron chi connectivity index (χ4n) is 3.62. The second kappa shape index (κ2) is 9.86. The Bertz CT molecular complexity index is 1090. The van der Waals surface area contributed by atoms with E-state index in [4.69, 9.17) is 0 Å². The molecular weight excluding hydrogens is 424 g/mol. The minimum absolute atomic E-state index is 0.0236. The molecule has 2 N–H and O–H groups in total. The van der Waals surface area contributed by atoms with Crippen molar-refractivity contribution in [2.45, 2.75) is 39.7 Å². The Morgan fingerprint density at radius 1 is 1.09 bits per heavy atom. The maximum Gasteiger partial charge on any atom is 0.254 e. The summed E-state index contributed by atoms with van der Waals surface area (Å²) in [6.07, 6.45) is 1.73. The zero-order valence-corrected chi connectivity index (χ0v) is 19.0. The van der Waals surface area contributed by atoms with Crippen LogP contribution < -0.4 is 10.6 Å². The van der Waals surface area contributed by atoms with E-state index in [1.165, 1.54) is 11.3 Å². The van der Waals surface area contributed by atoms with Crippen LogP contribution in [0, 0.1) is 13.8 Å². The Kier molecular flexibility index (Phi) is 6.75. The number of thiazole rings is 1. The molecule has 0 fully saturated rings. The number of fused-ring (bicyclic) bond motifs is 1. The van der Waals surface area contributed by atoms with Crippen molar-refractivity contribution in [3.8, 4) is 0 Å². The summed E-state index contributed by atoms with van der Waals surface area (Å²) in [6.45, 7) is 5.62. The average Bonchev–Trinajstić information content (AvgIpc) is 3.17. The quantitative estimate of drug-likeness (QED) is 0.534. The van der Waals surface area contributed by atoms with Crippen LogP contribution in [-0.2, 0) is 17.8 Å². The SMILES string of the molecule is Cc1cc(C)nc(NCCCC(=O)Nc2nc3c(s2)CN(C(=O)c2ccccc2)CC3)n1. The number of aromatic nitrogens is 3. The number of nitrogens with one attached hydrogen (secondary N) is 2. The number of nitrogens with zero attached hydrogens (tertiary/aromatic N) is 4. The van der Waals surface area contributed by atoms with E-state index >= 15 is 0 Å². The predicted molar refractivity (Wildman–Crippen MR) is 125 cm³/mol. The van der Waals surface area contributed by atoms with E-state index in [1.807, 2.05) is 55.1 Å². The number of benzene rings is 1. The Labute approximate surface area is 191 Å². The Morgan fingerprint density at radius 2 is 1.84 bits per heavy atom. The van der Waals surface area contributed by atoms with Crippen LogP contribution in [0.5, 0.6) is 0 Å². The molecule has 1 aliphatic rings. The molecular formula is C23H26N6O2S. The van der Waals surface area contributed by atoms with Crippen LogP contribution in [0.2, 0.25) is 0 Å². The van der Waals surface area contributed by atoms with Gasteiger partial charge in [-0.05, 0) is 38.5 Å². The van der Waals surface area contributed by atoms with Crippen LogP contribution in [0.3, 0.4) is 0 Å². The van der Waals surface area contributed by atoms with Gasteiger partial charge in [0.25, 0.3) is 5.91 Å². The number of hydrogen-bond acceptors (Lipinski definition) is 7. The first-order valence-electron chi connectivity index (χ1n) is 10.7. The smallest absolute Gasteiger partial charge is 0.254 e. The van der Waals surface area contributed by atoms with Crippen LogP contribution in [0.1, 0.15) is 45.2 Å². The molecule has 3 aromatic rings. The third-order valence-electron chi connectivity index (χ3n) is 5.13. The minimum atomic E-state index is -0.0727. The van der Waals surface area contributed by atoms with Gasteiger partial charge < -0.3 is 15.5 Å². The lowest BCUT2D eigenvalue weighted by Gasteiger charge is -2.26. The van der Waals surface area contributed by atoms with Gasteiger partial charge in [0, 0.05) is 47.8 Å². The van der Waals surface area contributed by atoms with Crippen LogP contribution >= 0.6 is 11.3 Å². The fraction of sp³-hybridized carbons (Fsp3) is 0.348. The molecule has 0 saturated carbocycles. The van der Waals surface area contributed by atoms with E-state index in [2.05, 4.69) is 25.6 Å². The molecule has 1 aromatic carbocycles. The molecule has 32 heavy (non-hydrogen) atoms. The summed E-state index contributed by atoms with van der Waals surface area (Å²) in [5.74, 6) is 0.539. The molecule has 1 aliphatic heterocycles. The largest absolute Gasteiger partial charge is 0.354 e. The standard InChI is InChI=1S/C23H26N6O2S/c1-15-13-16(2)26-22(25-15)24-11-6-9-20(30)28-23-27-18-10-12-29(14-19(18)32-23)21(31)17-7-4-3-5-8-17/h3-5,7-8,13H,6,9-12,14H2,1-2H3,(H,24,25,26)(H,27,28,30). The lowest BCUT2D eigenvalue weighted by atomic mass is 10.1. The van der Waals surface area contributed by atoms with Gasteiger partial charge in [-0.1, -0.05) is 29.5 Å². The van der Waals surface area contributed by atoms with Gasteiger partial charge in [-0.2, -0.15) is 0 Å². The summed E-state index contributed by atoms with van der Waals surface area (Å²) in [5, 5.41) is 6.66. The first-order valence-corrected chi connectivity index (χ1v) is 11.5. The third kappa shape index (κ3) is 5.47. The molecule has 8 nitrogen and oxygen atoms in total. The van der Waals surface area contributed by atoms with Crippen molar-refractivity contribution in [1.29, 1.82) is 0 Å². The van der Waals surface area contributed by atoms with Crippen LogP contribution in [0.25, 0.3) is 0 Å². The first kappa shape index (κ1) is 21.9. The highest BCUT2D eigenvalue weighted by atomic mass is 32.1. The van der Waals surface area contributed by atoms with Crippen molar-refractivity contribution >= 4 is 34.2 Å². The number of hydrogen-bond donors (Lipinski definition) is 2. The summed E-state index contributed by atoms with van der Waals surface area (Å²) in [6, 6.07) is 11.2. The van der Waals surface area contributed by atoms with Crippen LogP contribution in [0.15, 0.2) is 36.4 Å². The van der Waals surface area contributed by atoms with Crippen LogP contribution in [0.4, 0.5) is 11.1 Å². The van der Waals surface area contributed by atoms with Gasteiger partial charge in [-0.25, -0.2) is 15.0 Å². The zero-order chi connectivity index (χ0) is 22.5. The van der Waals surface area contributed by atoms with Gasteiger partial charge in [0.2, 0.25) is 11.9 Å². The lowest BCUT2D eigenvalue weighted by Crippen LogP contribution is -2.35. The van der Waals surface area contributed by atoms with Crippen molar-refractivity contribution in [1.82, 2.24) is 19.9 Å². The molecule has 9 heteroatoms. The second-order valence-corrected chi connectivity index (χ2v) is 8.87. The monoisotopic (exact) mass is 450 g/mol. The molecule has 0 unspecified atom stereocenters. The van der Waals surface area contributed by atoms with Crippen molar-refractivity contribution in [2.75, 3.05) is 23.7 Å². The zero-order valence-electron chi connectivity index (χ0n) is 18.2. The number of aryl methyl sites for hydroxylation is 2. The van der Waals surface area contributed by atoms with Gasteiger partial charge in [-0.15, -0.1) is 0 Å². The highest BCUT2D eigenvalue weighted by Crippen LogP contribution is 2.29. The highest BCUT2D eigenvalue weighted by molar-refractivity contribution is 7.15. The van der Waals surface area contributed by atoms with Crippen LogP contribution in [-0.4, -0.2) is 44.8 Å². The molecule has 0 aliphatic carbocycles. The fourth-order valence-corrected chi connectivity index (χ4v) is 4.66. The normalized spacial score (nSPS) is 12.9. The summed E-state index contributed by atoms with van der Waals surface area (Å²) in [7, 11) is 0. The third-order valence-corrected chi connectivity index (χ3v) is 6.13. The molecule has 2 amide bonds. The number of rotatable bonds is 7. The topological polar surface area (TPSA) is 100 Å². The first-order chi connectivity index (χ1) is 15.5. The van der Waals surface area contributed by atoms with E-state index < -0.39 is 0 Å². The molecule has 166 valence electrons. The van der Waals surface area contributed by atoms with Crippen molar-refractivity contribution in [2.24, 2.45) is 0 Å². The average molecular weight is 451 g/mol. The molecule has 2 aromatic heterocycles. The molecule has 0 bridgehead atoms. The molecule has 0 atom stereocenters. The second-order valence-electron chi connectivity index (χ2n) is 7.78. The van der Waals surface area contributed by atoms with Gasteiger partial charge in [-0.3, -0.25) is 9.59 Å². The number of carbonyl (C=O) groups excluding carboxylic acids is 2. The van der Waals surface area contributed by atoms with Gasteiger partial charge >= 0.3 is 0 Å². The molecule has 0 saturated heterocycles. The minimum Gasteiger partial charge on any atom is -0.354 e. The summed E-state index contributed by atoms with van der Waals surface area (Å²) >= 11 is 1.45. The summed E-state index contributed by atoms with van der Waals surface area (Å²) in [4.78, 5) is 41.1. The lowest BCUT2D eigenvalue weighted by molar-refractivity contribution is -0.116. The van der Waals surface area contributed by atoms with E-state index in [0.717, 1.165) is 22.0 Å². The van der Waals surface area contributed by atoms with Crippen molar-refractivity contribution in [3.05, 3.63) is 63.9 Å². The molecule has 3 heterocycles. The van der Waals surface area contributed by atoms with E-state index in [0.29, 0.717) is 55.5 Å². The molecule has 0 radical (unpaired) electrons. The number of carbonyl (C=O) groups is 2. The molecule has 0 spiro atoms. The summed E-state index contributed by atoms with van der Waals surface area (Å²) < 4.78 is 0.